The number of hydrogen-bond donors (Lipinski definition) is 0. The van der Waals surface area contributed by atoms with Crippen molar-refractivity contribution in [3.63, 3.8) is 0 Å². The van der Waals surface area contributed by atoms with Gasteiger partial charge in [0.05, 0.1) is 11.5 Å². The lowest BCUT2D eigenvalue weighted by Gasteiger charge is -2.31. The Kier molecular flexibility index (Phi) is 4.43. The molecule has 0 aliphatic carbocycles. The van der Waals surface area contributed by atoms with Crippen LogP contribution in [0.4, 0.5) is 4.39 Å². The van der Waals surface area contributed by atoms with Crippen molar-refractivity contribution >= 4 is 5.91 Å². The van der Waals surface area contributed by atoms with E-state index in [0.717, 1.165) is 12.8 Å². The Labute approximate surface area is 149 Å². The SMILES string of the molecule is O=C(c1cccnc1)N1CCCC(c2nc(-c3cccc(F)c3)no2)C1. The lowest BCUT2D eigenvalue weighted by molar-refractivity contribution is 0.0695. The predicted molar refractivity (Wildman–Crippen MR) is 91.8 cm³/mol. The van der Waals surface area contributed by atoms with E-state index in [1.807, 2.05) is 0 Å². The summed E-state index contributed by atoms with van der Waals surface area (Å²) in [4.78, 5) is 22.8. The minimum atomic E-state index is -0.347. The molecule has 0 saturated carbocycles. The zero-order valence-electron chi connectivity index (χ0n) is 14.0. The zero-order valence-corrected chi connectivity index (χ0v) is 14.0. The van der Waals surface area contributed by atoms with E-state index in [4.69, 9.17) is 4.52 Å². The highest BCUT2D eigenvalue weighted by molar-refractivity contribution is 5.93. The van der Waals surface area contributed by atoms with E-state index in [9.17, 15) is 9.18 Å². The third-order valence-corrected chi connectivity index (χ3v) is 4.49. The van der Waals surface area contributed by atoms with Crippen molar-refractivity contribution in [3.05, 3.63) is 66.1 Å². The van der Waals surface area contributed by atoms with Crippen molar-refractivity contribution in [1.29, 1.82) is 0 Å². The molecule has 0 N–H and O–H groups in total. The van der Waals surface area contributed by atoms with Crippen LogP contribution in [0.15, 0.2) is 53.3 Å². The molecule has 1 fully saturated rings. The second kappa shape index (κ2) is 7.03. The molecule has 3 aromatic rings. The molecule has 1 aromatic carbocycles. The van der Waals surface area contributed by atoms with Crippen LogP contribution in [0.3, 0.4) is 0 Å². The van der Waals surface area contributed by atoms with Gasteiger partial charge in [-0.1, -0.05) is 17.3 Å². The molecular weight excluding hydrogens is 335 g/mol. The normalized spacial score (nSPS) is 17.3. The lowest BCUT2D eigenvalue weighted by Crippen LogP contribution is -2.39. The van der Waals surface area contributed by atoms with Gasteiger partial charge in [-0.3, -0.25) is 9.78 Å². The molecule has 7 heteroatoms. The summed E-state index contributed by atoms with van der Waals surface area (Å²) in [5.41, 5.74) is 1.14. The van der Waals surface area contributed by atoms with E-state index in [1.165, 1.54) is 12.1 Å². The molecule has 1 aliphatic heterocycles. The van der Waals surface area contributed by atoms with Gasteiger partial charge in [-0.25, -0.2) is 4.39 Å². The molecule has 1 saturated heterocycles. The Morgan fingerprint density at radius 3 is 3.00 bits per heavy atom. The van der Waals surface area contributed by atoms with Crippen LogP contribution in [0.1, 0.15) is 35.0 Å². The van der Waals surface area contributed by atoms with Gasteiger partial charge in [-0.05, 0) is 37.1 Å². The molecule has 2 aromatic heterocycles. The third-order valence-electron chi connectivity index (χ3n) is 4.49. The van der Waals surface area contributed by atoms with Gasteiger partial charge >= 0.3 is 0 Å². The van der Waals surface area contributed by atoms with Crippen LogP contribution >= 0.6 is 0 Å². The number of amides is 1. The van der Waals surface area contributed by atoms with E-state index in [1.54, 1.807) is 41.6 Å². The highest BCUT2D eigenvalue weighted by atomic mass is 19.1. The average Bonchev–Trinajstić information content (AvgIpc) is 3.19. The van der Waals surface area contributed by atoms with Crippen LogP contribution in [0.25, 0.3) is 11.4 Å². The van der Waals surface area contributed by atoms with Crippen LogP contribution < -0.4 is 0 Å². The first kappa shape index (κ1) is 16.4. The van der Waals surface area contributed by atoms with Crippen molar-refractivity contribution in [1.82, 2.24) is 20.0 Å². The third kappa shape index (κ3) is 3.33. The van der Waals surface area contributed by atoms with E-state index in [-0.39, 0.29) is 17.6 Å². The standard InChI is InChI=1S/C19H17FN4O2/c20-16-7-1-4-13(10-16)17-22-18(26-23-17)15-6-3-9-24(12-15)19(25)14-5-2-8-21-11-14/h1-2,4-5,7-8,10-11,15H,3,6,9,12H2. The Hall–Kier alpha value is -3.09. The van der Waals surface area contributed by atoms with Gasteiger partial charge in [0, 0.05) is 31.0 Å². The zero-order chi connectivity index (χ0) is 17.9. The van der Waals surface area contributed by atoms with Crippen molar-refractivity contribution in [3.8, 4) is 11.4 Å². The number of aromatic nitrogens is 3. The van der Waals surface area contributed by atoms with Crippen LogP contribution in [-0.2, 0) is 0 Å². The Morgan fingerprint density at radius 2 is 2.19 bits per heavy atom. The van der Waals surface area contributed by atoms with Crippen LogP contribution in [0.2, 0.25) is 0 Å². The molecule has 3 heterocycles. The quantitative estimate of drug-likeness (QED) is 0.723. The molecule has 26 heavy (non-hydrogen) atoms. The Morgan fingerprint density at radius 1 is 1.27 bits per heavy atom. The Bertz CT molecular complexity index is 913. The maximum Gasteiger partial charge on any atom is 0.255 e. The maximum absolute atomic E-state index is 13.4. The molecule has 0 radical (unpaired) electrons. The van der Waals surface area contributed by atoms with Crippen LogP contribution in [0.5, 0.6) is 0 Å². The number of rotatable bonds is 3. The van der Waals surface area contributed by atoms with E-state index in [0.29, 0.717) is 35.9 Å². The minimum Gasteiger partial charge on any atom is -0.339 e. The number of piperidine rings is 1. The summed E-state index contributed by atoms with van der Waals surface area (Å²) >= 11 is 0. The number of carbonyl (C=O) groups is 1. The predicted octanol–water partition coefficient (Wildman–Crippen LogP) is 3.29. The van der Waals surface area contributed by atoms with E-state index in [2.05, 4.69) is 15.1 Å². The fraction of sp³-hybridized carbons (Fsp3) is 0.263. The number of halogens is 1. The summed E-state index contributed by atoms with van der Waals surface area (Å²) in [6, 6.07) is 9.58. The second-order valence-corrected chi connectivity index (χ2v) is 6.30. The van der Waals surface area contributed by atoms with Gasteiger partial charge in [0.1, 0.15) is 5.82 Å². The monoisotopic (exact) mass is 352 g/mol. The van der Waals surface area contributed by atoms with Gasteiger partial charge in [0.2, 0.25) is 11.7 Å². The topological polar surface area (TPSA) is 72.1 Å². The number of hydrogen-bond acceptors (Lipinski definition) is 5. The first-order chi connectivity index (χ1) is 12.7. The largest absolute Gasteiger partial charge is 0.339 e. The van der Waals surface area contributed by atoms with Crippen LogP contribution in [0, 0.1) is 5.82 Å². The van der Waals surface area contributed by atoms with Crippen molar-refractivity contribution in [2.45, 2.75) is 18.8 Å². The van der Waals surface area contributed by atoms with Crippen molar-refractivity contribution < 1.29 is 13.7 Å². The number of pyridine rings is 1. The summed E-state index contributed by atoms with van der Waals surface area (Å²) in [6.45, 7) is 1.20. The summed E-state index contributed by atoms with van der Waals surface area (Å²) in [7, 11) is 0. The van der Waals surface area contributed by atoms with E-state index >= 15 is 0 Å². The molecular formula is C19H17FN4O2. The molecule has 0 bridgehead atoms. The molecule has 1 unspecified atom stereocenters. The summed E-state index contributed by atoms with van der Waals surface area (Å²) in [6.07, 6.45) is 4.93. The van der Waals surface area contributed by atoms with Crippen molar-refractivity contribution in [2.24, 2.45) is 0 Å². The average molecular weight is 352 g/mol. The van der Waals surface area contributed by atoms with Gasteiger partial charge in [0.15, 0.2) is 0 Å². The van der Waals surface area contributed by atoms with Gasteiger partial charge in [0.25, 0.3) is 5.91 Å². The van der Waals surface area contributed by atoms with Crippen molar-refractivity contribution in [2.75, 3.05) is 13.1 Å². The first-order valence-electron chi connectivity index (χ1n) is 8.49. The Balaban J connectivity index is 1.51. The molecule has 132 valence electrons. The lowest BCUT2D eigenvalue weighted by atomic mass is 9.97. The van der Waals surface area contributed by atoms with Gasteiger partial charge in [-0.2, -0.15) is 4.98 Å². The fourth-order valence-electron chi connectivity index (χ4n) is 3.18. The molecule has 6 nitrogen and oxygen atoms in total. The molecule has 4 rings (SSSR count). The maximum atomic E-state index is 13.4. The number of likely N-dealkylation sites (tertiary alicyclic amines) is 1. The van der Waals surface area contributed by atoms with Crippen LogP contribution in [-0.4, -0.2) is 39.0 Å². The molecule has 0 spiro atoms. The van der Waals surface area contributed by atoms with Gasteiger partial charge in [-0.15, -0.1) is 0 Å². The highest BCUT2D eigenvalue weighted by Gasteiger charge is 2.29. The summed E-state index contributed by atoms with van der Waals surface area (Å²) in [5.74, 6) is 0.412. The number of benzene rings is 1. The molecule has 1 atom stereocenters. The molecule has 1 amide bonds. The summed E-state index contributed by atoms with van der Waals surface area (Å²) in [5, 5.41) is 3.96. The summed E-state index contributed by atoms with van der Waals surface area (Å²) < 4.78 is 18.8. The minimum absolute atomic E-state index is 0.0285. The molecule has 1 aliphatic rings. The highest BCUT2D eigenvalue weighted by Crippen LogP contribution is 2.28. The number of nitrogens with zero attached hydrogens (tertiary/aromatic N) is 4. The smallest absolute Gasteiger partial charge is 0.255 e. The first-order valence-corrected chi connectivity index (χ1v) is 8.49. The number of carbonyl (C=O) groups excluding carboxylic acids is 1. The second-order valence-electron chi connectivity index (χ2n) is 6.30. The van der Waals surface area contributed by atoms with Gasteiger partial charge < -0.3 is 9.42 Å². The van der Waals surface area contributed by atoms with E-state index < -0.39 is 0 Å². The fourth-order valence-corrected chi connectivity index (χ4v) is 3.18.